The van der Waals surface area contributed by atoms with Gasteiger partial charge in [-0.2, -0.15) is 0 Å². The van der Waals surface area contributed by atoms with E-state index in [0.717, 1.165) is 96.3 Å². The normalized spacial score (nSPS) is 13.3. The van der Waals surface area contributed by atoms with Gasteiger partial charge in [-0.1, -0.05) is 206 Å². The van der Waals surface area contributed by atoms with Crippen LogP contribution >= 0.6 is 0 Å². The lowest BCUT2D eigenvalue weighted by molar-refractivity contribution is -0.162. The van der Waals surface area contributed by atoms with Crippen molar-refractivity contribution >= 4 is 11.9 Å². The van der Waals surface area contributed by atoms with Gasteiger partial charge in [0.25, 0.3) is 0 Å². The minimum Gasteiger partial charge on any atom is -0.462 e. The van der Waals surface area contributed by atoms with E-state index in [1.54, 1.807) is 0 Å². The highest BCUT2D eigenvalue weighted by molar-refractivity contribution is 5.71. The van der Waals surface area contributed by atoms with Crippen LogP contribution in [0.15, 0.2) is 122 Å². The number of rotatable bonds is 44. The third kappa shape index (κ3) is 49.0. The summed E-state index contributed by atoms with van der Waals surface area (Å²) in [6.45, 7) is 7.41. The van der Waals surface area contributed by atoms with Crippen LogP contribution in [0.2, 0.25) is 0 Å². The lowest BCUT2D eigenvalue weighted by atomic mass is 10.1. The quantitative estimate of drug-likeness (QED) is 0.0347. The van der Waals surface area contributed by atoms with Crippen LogP contribution in [0.3, 0.4) is 0 Å². The SMILES string of the molecule is CC/C=C\C/C=C\C/C=C\C/C=C\C/C=C\CC(=O)OC(COCCCCCCCC/C=C\CCCC)COC(=O)CCCCCCCC/C=C\C/C=C\C/C=C\C/C=C\CC. The van der Waals surface area contributed by atoms with E-state index in [0.29, 0.717) is 13.0 Å². The molecule has 0 heterocycles. The number of ether oxygens (including phenoxy) is 3. The van der Waals surface area contributed by atoms with Crippen molar-refractivity contribution < 1.29 is 23.8 Å². The van der Waals surface area contributed by atoms with Gasteiger partial charge >= 0.3 is 11.9 Å². The number of carbonyl (C=O) groups is 2. The fourth-order valence-corrected chi connectivity index (χ4v) is 6.32. The molecule has 0 saturated carbocycles. The molecule has 0 bridgehead atoms. The average Bonchev–Trinajstić information content (AvgIpc) is 3.27. The molecule has 62 heavy (non-hydrogen) atoms. The zero-order chi connectivity index (χ0) is 44.9. The van der Waals surface area contributed by atoms with E-state index in [1.807, 2.05) is 12.2 Å². The summed E-state index contributed by atoms with van der Waals surface area (Å²) in [6.07, 6.45) is 72.3. The fraction of sp³-hybridized carbons (Fsp3) is 0.614. The summed E-state index contributed by atoms with van der Waals surface area (Å²) in [6, 6.07) is 0. The van der Waals surface area contributed by atoms with Gasteiger partial charge in [0.1, 0.15) is 6.61 Å². The van der Waals surface area contributed by atoms with Gasteiger partial charge in [-0.05, 0) is 103 Å². The molecule has 0 spiro atoms. The average molecular weight is 857 g/mol. The molecule has 0 aromatic rings. The van der Waals surface area contributed by atoms with Crippen LogP contribution in [0.25, 0.3) is 0 Å². The second-order valence-corrected chi connectivity index (χ2v) is 16.0. The van der Waals surface area contributed by atoms with E-state index >= 15 is 0 Å². The van der Waals surface area contributed by atoms with Gasteiger partial charge in [0, 0.05) is 13.0 Å². The molecule has 5 heteroatoms. The lowest BCUT2D eigenvalue weighted by Crippen LogP contribution is -2.29. The molecule has 0 aliphatic carbocycles. The van der Waals surface area contributed by atoms with Gasteiger partial charge in [0.2, 0.25) is 0 Å². The topological polar surface area (TPSA) is 61.8 Å². The van der Waals surface area contributed by atoms with E-state index in [9.17, 15) is 9.59 Å². The first-order valence-electron chi connectivity index (χ1n) is 25.1. The van der Waals surface area contributed by atoms with Crippen molar-refractivity contribution in [2.24, 2.45) is 0 Å². The molecule has 0 amide bonds. The van der Waals surface area contributed by atoms with Gasteiger partial charge in [0.15, 0.2) is 6.10 Å². The molecule has 0 radical (unpaired) electrons. The zero-order valence-corrected chi connectivity index (χ0v) is 40.1. The molecule has 1 unspecified atom stereocenters. The summed E-state index contributed by atoms with van der Waals surface area (Å²) in [5.41, 5.74) is 0. The summed E-state index contributed by atoms with van der Waals surface area (Å²) in [4.78, 5) is 25.3. The Kier molecular flexibility index (Phi) is 48.6. The van der Waals surface area contributed by atoms with Crippen LogP contribution in [0.1, 0.15) is 201 Å². The third-order valence-corrected chi connectivity index (χ3v) is 10.00. The fourth-order valence-electron chi connectivity index (χ4n) is 6.32. The van der Waals surface area contributed by atoms with Crippen molar-refractivity contribution in [1.29, 1.82) is 0 Å². The largest absolute Gasteiger partial charge is 0.462 e. The molecule has 0 aromatic heterocycles. The Morgan fingerprint density at radius 2 is 0.774 bits per heavy atom. The molecule has 0 N–H and O–H groups in total. The van der Waals surface area contributed by atoms with Crippen LogP contribution in [0.4, 0.5) is 0 Å². The van der Waals surface area contributed by atoms with E-state index < -0.39 is 6.10 Å². The van der Waals surface area contributed by atoms with Crippen LogP contribution in [0.5, 0.6) is 0 Å². The highest BCUT2D eigenvalue weighted by atomic mass is 16.6. The van der Waals surface area contributed by atoms with E-state index in [2.05, 4.69) is 130 Å². The zero-order valence-electron chi connectivity index (χ0n) is 40.1. The number of hydrogen-bond acceptors (Lipinski definition) is 5. The first-order valence-corrected chi connectivity index (χ1v) is 25.1. The van der Waals surface area contributed by atoms with Gasteiger partial charge in [-0.15, -0.1) is 0 Å². The van der Waals surface area contributed by atoms with Crippen molar-refractivity contribution in [3.8, 4) is 0 Å². The molecular weight excluding hydrogens is 765 g/mol. The first-order chi connectivity index (χ1) is 30.6. The Balaban J connectivity index is 4.42. The Bertz CT molecular complexity index is 1290. The first kappa shape index (κ1) is 58.3. The Labute approximate surface area is 382 Å². The standard InChI is InChI=1S/C57H92O5/c1-4-7-10-13-16-19-22-25-27-28-29-30-32-33-35-38-41-44-47-50-56(58)61-54-55(53-60-52-49-46-43-40-37-24-21-18-15-12-9-6-3)62-57(59)51-48-45-42-39-36-34-31-26-23-20-17-14-11-8-5-2/h7-8,10-11,15-20,25-27,29-31,36,39,45,48,55H,4-6,9,12-14,21-24,28,32-35,37-38,40-44,46-47,49-54H2,1-3H3/b10-7-,11-8-,18-15-,19-16-,20-17-,27-25-,30-29-,31-26-,39-36-,48-45-. The van der Waals surface area contributed by atoms with Gasteiger partial charge < -0.3 is 14.2 Å². The number of esters is 2. The van der Waals surface area contributed by atoms with E-state index in [4.69, 9.17) is 14.2 Å². The van der Waals surface area contributed by atoms with Crippen molar-refractivity contribution in [2.45, 2.75) is 207 Å². The number of unbranched alkanes of at least 4 members (excludes halogenated alkanes) is 14. The second kappa shape index (κ2) is 51.6. The molecule has 5 nitrogen and oxygen atoms in total. The Morgan fingerprint density at radius 3 is 1.26 bits per heavy atom. The predicted octanol–water partition coefficient (Wildman–Crippen LogP) is 17.0. The monoisotopic (exact) mass is 857 g/mol. The van der Waals surface area contributed by atoms with Crippen LogP contribution < -0.4 is 0 Å². The third-order valence-electron chi connectivity index (χ3n) is 10.00. The summed E-state index contributed by atoms with van der Waals surface area (Å²) in [5.74, 6) is -0.571. The molecule has 0 fully saturated rings. The molecular formula is C57H92O5. The molecule has 0 rings (SSSR count). The van der Waals surface area contributed by atoms with Crippen LogP contribution in [-0.4, -0.2) is 37.9 Å². The summed E-state index contributed by atoms with van der Waals surface area (Å²) >= 11 is 0. The minimum atomic E-state index is -0.607. The highest BCUT2D eigenvalue weighted by Gasteiger charge is 2.17. The summed E-state index contributed by atoms with van der Waals surface area (Å²) in [5, 5.41) is 0. The Hall–Kier alpha value is -3.70. The molecule has 0 aliphatic heterocycles. The number of carbonyl (C=O) groups excluding carboxylic acids is 2. The smallest absolute Gasteiger partial charge is 0.310 e. The number of allylic oxidation sites excluding steroid dienone is 19. The highest BCUT2D eigenvalue weighted by Crippen LogP contribution is 2.12. The van der Waals surface area contributed by atoms with Crippen LogP contribution in [-0.2, 0) is 23.8 Å². The molecule has 0 aromatic carbocycles. The minimum absolute atomic E-state index is 0.0282. The molecule has 0 aliphatic rings. The van der Waals surface area contributed by atoms with Gasteiger partial charge in [-0.3, -0.25) is 9.59 Å². The van der Waals surface area contributed by atoms with Crippen molar-refractivity contribution in [3.63, 3.8) is 0 Å². The van der Waals surface area contributed by atoms with Crippen molar-refractivity contribution in [1.82, 2.24) is 0 Å². The lowest BCUT2D eigenvalue weighted by Gasteiger charge is -2.18. The maximum absolute atomic E-state index is 12.7. The van der Waals surface area contributed by atoms with Gasteiger partial charge in [0.05, 0.1) is 13.0 Å². The molecule has 0 saturated heterocycles. The number of hydrogen-bond donors (Lipinski definition) is 0. The van der Waals surface area contributed by atoms with Gasteiger partial charge in [-0.25, -0.2) is 0 Å². The molecule has 1 atom stereocenters. The second-order valence-electron chi connectivity index (χ2n) is 16.0. The van der Waals surface area contributed by atoms with Crippen molar-refractivity contribution in [2.75, 3.05) is 19.8 Å². The van der Waals surface area contributed by atoms with E-state index in [-0.39, 0.29) is 31.6 Å². The van der Waals surface area contributed by atoms with Crippen LogP contribution in [0, 0.1) is 0 Å². The van der Waals surface area contributed by atoms with Crippen molar-refractivity contribution in [3.05, 3.63) is 122 Å². The Morgan fingerprint density at radius 1 is 0.387 bits per heavy atom. The van der Waals surface area contributed by atoms with E-state index in [1.165, 1.54) is 70.6 Å². The molecule has 350 valence electrons. The predicted molar refractivity (Wildman–Crippen MR) is 269 cm³/mol. The maximum atomic E-state index is 12.7. The maximum Gasteiger partial charge on any atom is 0.310 e. The summed E-state index contributed by atoms with van der Waals surface area (Å²) < 4.78 is 17.2. The summed E-state index contributed by atoms with van der Waals surface area (Å²) in [7, 11) is 0.